The smallest absolute Gasteiger partial charge is 0.182 e. The molecule has 0 aliphatic rings. The number of aromatic nitrogens is 6. The normalized spacial score (nSPS) is 11.0. The Morgan fingerprint density at radius 1 is 1.12 bits per heavy atom. The van der Waals surface area contributed by atoms with E-state index in [1.165, 1.54) is 0 Å². The van der Waals surface area contributed by atoms with Gasteiger partial charge in [-0.05, 0) is 29.8 Å². The van der Waals surface area contributed by atoms with Crippen molar-refractivity contribution < 1.29 is 4.74 Å². The van der Waals surface area contributed by atoms with Crippen LogP contribution < -0.4 is 4.74 Å². The first-order valence-corrected chi connectivity index (χ1v) is 7.92. The minimum Gasteiger partial charge on any atom is -0.497 e. The van der Waals surface area contributed by atoms with Crippen molar-refractivity contribution >= 4 is 22.6 Å². The van der Waals surface area contributed by atoms with Crippen LogP contribution >= 0.6 is 11.6 Å². The zero-order chi connectivity index (χ0) is 17.2. The highest BCUT2D eigenvalue weighted by Gasteiger charge is 2.13. The predicted molar refractivity (Wildman–Crippen MR) is 93.5 cm³/mol. The van der Waals surface area contributed by atoms with Crippen LogP contribution in [-0.2, 0) is 6.54 Å². The van der Waals surface area contributed by atoms with Crippen LogP contribution in [0.1, 0.15) is 5.56 Å². The van der Waals surface area contributed by atoms with Crippen molar-refractivity contribution in [3.05, 3.63) is 59.5 Å². The highest BCUT2D eigenvalue weighted by Crippen LogP contribution is 2.23. The van der Waals surface area contributed by atoms with Gasteiger partial charge in [-0.1, -0.05) is 23.7 Å². The van der Waals surface area contributed by atoms with Crippen LogP contribution in [0.4, 0.5) is 0 Å². The van der Waals surface area contributed by atoms with Crippen LogP contribution in [0.25, 0.3) is 22.6 Å². The van der Waals surface area contributed by atoms with Gasteiger partial charge in [-0.15, -0.1) is 5.10 Å². The van der Waals surface area contributed by atoms with Gasteiger partial charge in [0.05, 0.1) is 19.9 Å². The van der Waals surface area contributed by atoms with E-state index < -0.39 is 0 Å². The van der Waals surface area contributed by atoms with Gasteiger partial charge < -0.3 is 4.74 Å². The van der Waals surface area contributed by atoms with Crippen molar-refractivity contribution in [1.82, 2.24) is 29.9 Å². The van der Waals surface area contributed by atoms with E-state index in [4.69, 9.17) is 16.3 Å². The highest BCUT2D eigenvalue weighted by molar-refractivity contribution is 6.33. The molecule has 3 heterocycles. The molecule has 4 aromatic rings. The van der Waals surface area contributed by atoms with Crippen molar-refractivity contribution in [2.45, 2.75) is 6.54 Å². The Labute approximate surface area is 148 Å². The number of hydrogen-bond acceptors (Lipinski definition) is 6. The maximum absolute atomic E-state index is 6.28. The van der Waals surface area contributed by atoms with Gasteiger partial charge in [0.2, 0.25) is 0 Å². The minimum absolute atomic E-state index is 0.291. The summed E-state index contributed by atoms with van der Waals surface area (Å²) < 4.78 is 6.95. The molecular weight excluding hydrogens is 340 g/mol. The van der Waals surface area contributed by atoms with Crippen LogP contribution in [0.5, 0.6) is 5.75 Å². The van der Waals surface area contributed by atoms with Gasteiger partial charge in [0.1, 0.15) is 22.5 Å². The lowest BCUT2D eigenvalue weighted by Crippen LogP contribution is -1.99. The number of nitrogens with zero attached hydrogens (tertiary/aromatic N) is 6. The summed E-state index contributed by atoms with van der Waals surface area (Å²) in [5.41, 5.74) is 2.87. The predicted octanol–water partition coefficient (Wildman–Crippen LogP) is 2.99. The van der Waals surface area contributed by atoms with Crippen molar-refractivity contribution in [2.75, 3.05) is 7.11 Å². The second-order valence-electron chi connectivity index (χ2n) is 5.36. The molecule has 0 radical (unpaired) electrons. The molecule has 8 heteroatoms. The Hall–Kier alpha value is -3.06. The highest BCUT2D eigenvalue weighted by atomic mass is 35.5. The largest absolute Gasteiger partial charge is 0.497 e. The zero-order valence-electron chi connectivity index (χ0n) is 13.3. The summed E-state index contributed by atoms with van der Waals surface area (Å²) in [5, 5.41) is 12.6. The number of fused-ring (bicyclic) bond motifs is 1. The molecule has 3 aromatic heterocycles. The van der Waals surface area contributed by atoms with E-state index in [1.807, 2.05) is 30.5 Å². The molecule has 0 unspecified atom stereocenters. The number of halogens is 1. The molecule has 25 heavy (non-hydrogen) atoms. The maximum Gasteiger partial charge on any atom is 0.182 e. The third-order valence-electron chi connectivity index (χ3n) is 3.67. The van der Waals surface area contributed by atoms with Gasteiger partial charge in [0, 0.05) is 6.20 Å². The van der Waals surface area contributed by atoms with Gasteiger partial charge in [-0.2, -0.15) is 10.2 Å². The summed E-state index contributed by atoms with van der Waals surface area (Å²) in [5.74, 6) is 1.24. The molecule has 0 amide bonds. The average Bonchev–Trinajstić information content (AvgIpc) is 3.06. The molecule has 124 valence electrons. The van der Waals surface area contributed by atoms with E-state index in [9.17, 15) is 0 Å². The topological polar surface area (TPSA) is 78.6 Å². The summed E-state index contributed by atoms with van der Waals surface area (Å²) in [6.45, 7) is 0.594. The van der Waals surface area contributed by atoms with Gasteiger partial charge >= 0.3 is 0 Å². The molecule has 0 spiro atoms. The maximum atomic E-state index is 6.28. The Bertz CT molecular complexity index is 1020. The fraction of sp³-hybridized carbons (Fsp3) is 0.118. The van der Waals surface area contributed by atoms with Crippen LogP contribution in [0.2, 0.25) is 5.15 Å². The molecule has 0 saturated heterocycles. The van der Waals surface area contributed by atoms with E-state index in [2.05, 4.69) is 25.3 Å². The Balaban J connectivity index is 1.68. The molecule has 0 aliphatic carbocycles. The van der Waals surface area contributed by atoms with Crippen molar-refractivity contribution in [1.29, 1.82) is 0 Å². The van der Waals surface area contributed by atoms with Crippen molar-refractivity contribution in [3.8, 4) is 17.3 Å². The van der Waals surface area contributed by atoms with Crippen LogP contribution in [-0.4, -0.2) is 37.1 Å². The molecule has 0 N–H and O–H groups in total. The van der Waals surface area contributed by atoms with E-state index >= 15 is 0 Å². The molecule has 0 aliphatic heterocycles. The van der Waals surface area contributed by atoms with Gasteiger partial charge in [-0.3, -0.25) is 4.68 Å². The molecule has 4 rings (SSSR count). The second kappa shape index (κ2) is 6.45. The summed E-state index contributed by atoms with van der Waals surface area (Å²) in [4.78, 5) is 8.77. The van der Waals surface area contributed by atoms with Gasteiger partial charge in [0.25, 0.3) is 0 Å². The van der Waals surface area contributed by atoms with E-state index in [1.54, 1.807) is 30.1 Å². The lowest BCUT2D eigenvalue weighted by molar-refractivity contribution is 0.414. The van der Waals surface area contributed by atoms with Crippen molar-refractivity contribution in [2.24, 2.45) is 0 Å². The number of rotatable bonds is 4. The molecular formula is C17H13ClN6O. The SMILES string of the molecule is COc1ccc(Cn2cc3nc(-c4cccnn4)nc(Cl)c3n2)cc1. The van der Waals surface area contributed by atoms with E-state index in [-0.39, 0.29) is 0 Å². The molecule has 0 bridgehead atoms. The quantitative estimate of drug-likeness (QED) is 0.525. The summed E-state index contributed by atoms with van der Waals surface area (Å²) >= 11 is 6.28. The van der Waals surface area contributed by atoms with E-state index in [0.717, 1.165) is 11.3 Å². The monoisotopic (exact) mass is 352 g/mol. The number of hydrogen-bond donors (Lipinski definition) is 0. The van der Waals surface area contributed by atoms with Crippen molar-refractivity contribution in [3.63, 3.8) is 0 Å². The third-order valence-corrected chi connectivity index (χ3v) is 3.94. The van der Waals surface area contributed by atoms with Crippen LogP contribution in [0.15, 0.2) is 48.8 Å². The molecule has 0 fully saturated rings. The fourth-order valence-corrected chi connectivity index (χ4v) is 2.67. The molecule has 0 atom stereocenters. The second-order valence-corrected chi connectivity index (χ2v) is 5.71. The number of methoxy groups -OCH3 is 1. The van der Waals surface area contributed by atoms with Gasteiger partial charge in [-0.25, -0.2) is 9.97 Å². The summed E-state index contributed by atoms with van der Waals surface area (Å²) in [6, 6.07) is 11.4. The van der Waals surface area contributed by atoms with Crippen LogP contribution in [0.3, 0.4) is 0 Å². The Morgan fingerprint density at radius 3 is 2.68 bits per heavy atom. The Kier molecular flexibility index (Phi) is 3.99. The molecule has 1 aromatic carbocycles. The number of ether oxygens (including phenoxy) is 1. The Morgan fingerprint density at radius 2 is 1.96 bits per heavy atom. The standard InChI is InChI=1S/C17H13ClN6O/c1-25-12-6-4-11(5-7-12)9-24-10-14-15(23-24)16(18)21-17(20-14)13-3-2-8-19-22-13/h2-8,10H,9H2,1H3. The zero-order valence-corrected chi connectivity index (χ0v) is 14.1. The fourth-order valence-electron chi connectivity index (χ4n) is 2.46. The summed E-state index contributed by atoms with van der Waals surface area (Å²) in [6.07, 6.45) is 3.43. The van der Waals surface area contributed by atoms with Crippen LogP contribution in [0, 0.1) is 0 Å². The number of benzene rings is 1. The first-order chi connectivity index (χ1) is 12.2. The minimum atomic E-state index is 0.291. The molecule has 0 saturated carbocycles. The average molecular weight is 353 g/mol. The first kappa shape index (κ1) is 15.5. The summed E-state index contributed by atoms with van der Waals surface area (Å²) in [7, 11) is 1.64. The molecule has 7 nitrogen and oxygen atoms in total. The lowest BCUT2D eigenvalue weighted by atomic mass is 10.2. The lowest BCUT2D eigenvalue weighted by Gasteiger charge is -2.03. The van der Waals surface area contributed by atoms with Gasteiger partial charge in [0.15, 0.2) is 11.0 Å². The third kappa shape index (κ3) is 3.14. The first-order valence-electron chi connectivity index (χ1n) is 7.54. The van der Waals surface area contributed by atoms with E-state index in [0.29, 0.717) is 34.2 Å².